The van der Waals surface area contributed by atoms with Crippen molar-refractivity contribution in [2.45, 2.75) is 43.8 Å². The van der Waals surface area contributed by atoms with Gasteiger partial charge in [0.25, 0.3) is 5.91 Å². The molecule has 2 saturated heterocycles. The summed E-state index contributed by atoms with van der Waals surface area (Å²) in [5.41, 5.74) is 7.80. The summed E-state index contributed by atoms with van der Waals surface area (Å²) < 4.78 is 0. The second-order valence-electron chi connectivity index (χ2n) is 7.63. The van der Waals surface area contributed by atoms with E-state index in [1.54, 1.807) is 6.20 Å². The number of nitrogens with one attached hydrogen (secondary N) is 2. The highest BCUT2D eigenvalue weighted by Crippen LogP contribution is 2.40. The van der Waals surface area contributed by atoms with Gasteiger partial charge in [-0.15, -0.1) is 0 Å². The monoisotopic (exact) mass is 388 g/mol. The molecule has 3 aromatic rings. The van der Waals surface area contributed by atoms with Crippen LogP contribution in [-0.4, -0.2) is 44.0 Å². The van der Waals surface area contributed by atoms with E-state index >= 15 is 0 Å². The minimum absolute atomic E-state index is 0.216. The average Bonchev–Trinajstić information content (AvgIpc) is 3.31. The van der Waals surface area contributed by atoms with Crippen molar-refractivity contribution in [3.05, 3.63) is 42.1 Å². The number of fused-ring (bicyclic) bond motifs is 3. The molecule has 5 heterocycles. The van der Waals surface area contributed by atoms with E-state index in [-0.39, 0.29) is 6.04 Å². The number of amides is 1. The summed E-state index contributed by atoms with van der Waals surface area (Å²) in [5.74, 6) is 0.334. The maximum atomic E-state index is 11.9. The van der Waals surface area contributed by atoms with Gasteiger partial charge in [-0.2, -0.15) is 5.26 Å². The predicted molar refractivity (Wildman–Crippen MR) is 107 cm³/mol. The summed E-state index contributed by atoms with van der Waals surface area (Å²) in [7, 11) is 0. The zero-order chi connectivity index (χ0) is 20.0. The van der Waals surface area contributed by atoms with Crippen LogP contribution in [0.15, 0.2) is 30.9 Å². The molecule has 3 aromatic heterocycles. The fourth-order valence-electron chi connectivity index (χ4n) is 4.74. The largest absolute Gasteiger partial charge is 0.381 e. The fraction of sp³-hybridized carbons (Fsp3) is 0.350. The number of pyridine rings is 1. The van der Waals surface area contributed by atoms with Gasteiger partial charge in [0.15, 0.2) is 5.69 Å². The summed E-state index contributed by atoms with van der Waals surface area (Å²) in [6, 6.07) is 4.82. The lowest BCUT2D eigenvalue weighted by molar-refractivity contribution is 0.100. The topological polar surface area (TPSA) is 137 Å². The molecule has 0 aliphatic carbocycles. The normalized spacial score (nSPS) is 23.1. The molecule has 1 amide bonds. The average molecular weight is 388 g/mol. The first-order chi connectivity index (χ1) is 14.1. The van der Waals surface area contributed by atoms with Gasteiger partial charge in [-0.3, -0.25) is 4.79 Å². The number of hydrogen-bond donors (Lipinski definition) is 3. The van der Waals surface area contributed by atoms with Gasteiger partial charge in [0.05, 0.1) is 23.6 Å². The Kier molecular flexibility index (Phi) is 4.05. The molecule has 0 saturated carbocycles. The number of nitriles is 1. The number of H-pyrrole nitrogens is 1. The minimum atomic E-state index is -0.489. The number of anilines is 2. The summed E-state index contributed by atoms with van der Waals surface area (Å²) >= 11 is 0. The van der Waals surface area contributed by atoms with Crippen molar-refractivity contribution in [3.63, 3.8) is 0 Å². The molecule has 29 heavy (non-hydrogen) atoms. The lowest BCUT2D eigenvalue weighted by atomic mass is 9.96. The molecule has 146 valence electrons. The lowest BCUT2D eigenvalue weighted by Gasteiger charge is -2.40. The number of aromatic amines is 1. The minimum Gasteiger partial charge on any atom is -0.381 e. The van der Waals surface area contributed by atoms with Crippen LogP contribution in [0.5, 0.6) is 0 Å². The number of aromatic nitrogens is 4. The highest BCUT2D eigenvalue weighted by molar-refractivity contribution is 6.06. The maximum absolute atomic E-state index is 11.9. The van der Waals surface area contributed by atoms with E-state index in [0.29, 0.717) is 23.3 Å². The lowest BCUT2D eigenvalue weighted by Crippen LogP contribution is -2.47. The Morgan fingerprint density at radius 2 is 2.00 bits per heavy atom. The third-order valence-electron chi connectivity index (χ3n) is 5.95. The van der Waals surface area contributed by atoms with Gasteiger partial charge in [-0.05, 0) is 31.7 Å². The van der Waals surface area contributed by atoms with Crippen molar-refractivity contribution in [2.75, 3.05) is 10.2 Å². The van der Waals surface area contributed by atoms with E-state index < -0.39 is 5.91 Å². The molecule has 2 aliphatic rings. The van der Waals surface area contributed by atoms with Crippen LogP contribution in [-0.2, 0) is 0 Å². The van der Waals surface area contributed by atoms with E-state index in [2.05, 4.69) is 30.2 Å². The van der Waals surface area contributed by atoms with Gasteiger partial charge < -0.3 is 20.9 Å². The van der Waals surface area contributed by atoms with Crippen molar-refractivity contribution in [1.82, 2.24) is 19.9 Å². The van der Waals surface area contributed by atoms with Gasteiger partial charge in [0, 0.05) is 35.9 Å². The SMILES string of the molecule is N#Cc1cnc(N2[C@@H]3CC[C@H]2C[C@H](Nc2c(C(N)=O)cnc4[nH]ccc24)C3)cn1. The summed E-state index contributed by atoms with van der Waals surface area (Å²) in [6.45, 7) is 0. The van der Waals surface area contributed by atoms with Crippen LogP contribution < -0.4 is 16.0 Å². The number of rotatable bonds is 4. The zero-order valence-corrected chi connectivity index (χ0v) is 15.7. The van der Waals surface area contributed by atoms with Crippen molar-refractivity contribution in [2.24, 2.45) is 5.73 Å². The van der Waals surface area contributed by atoms with E-state index in [9.17, 15) is 4.79 Å². The molecule has 2 fully saturated rings. The van der Waals surface area contributed by atoms with Gasteiger partial charge in [-0.25, -0.2) is 15.0 Å². The number of hydrogen-bond acceptors (Lipinski definition) is 7. The van der Waals surface area contributed by atoms with E-state index in [4.69, 9.17) is 11.0 Å². The summed E-state index contributed by atoms with van der Waals surface area (Å²) in [6.07, 6.45) is 10.6. The van der Waals surface area contributed by atoms with Crippen LogP contribution in [0.3, 0.4) is 0 Å². The van der Waals surface area contributed by atoms with Crippen molar-refractivity contribution in [3.8, 4) is 6.07 Å². The molecule has 2 bridgehead atoms. The predicted octanol–water partition coefficient (Wildman–Crippen LogP) is 1.94. The number of primary amides is 1. The van der Waals surface area contributed by atoms with Gasteiger partial charge in [0.2, 0.25) is 0 Å². The Bertz CT molecular complexity index is 1100. The second-order valence-corrected chi connectivity index (χ2v) is 7.63. The molecule has 3 atom stereocenters. The third kappa shape index (κ3) is 2.93. The maximum Gasteiger partial charge on any atom is 0.252 e. The first-order valence-electron chi connectivity index (χ1n) is 9.67. The van der Waals surface area contributed by atoms with Crippen LogP contribution in [0.4, 0.5) is 11.5 Å². The Balaban J connectivity index is 1.40. The van der Waals surface area contributed by atoms with Gasteiger partial charge in [0.1, 0.15) is 17.5 Å². The first-order valence-corrected chi connectivity index (χ1v) is 9.67. The number of piperidine rings is 1. The molecule has 0 radical (unpaired) electrons. The van der Waals surface area contributed by atoms with Crippen molar-refractivity contribution in [1.29, 1.82) is 5.26 Å². The number of carbonyl (C=O) groups is 1. The van der Waals surface area contributed by atoms with E-state index in [0.717, 1.165) is 48.2 Å². The smallest absolute Gasteiger partial charge is 0.252 e. The Hall–Kier alpha value is -3.67. The quantitative estimate of drug-likeness (QED) is 0.621. The molecule has 9 heteroatoms. The van der Waals surface area contributed by atoms with Crippen LogP contribution in [0.25, 0.3) is 11.0 Å². The van der Waals surface area contributed by atoms with Crippen LogP contribution in [0.1, 0.15) is 41.7 Å². The van der Waals surface area contributed by atoms with Crippen molar-refractivity contribution < 1.29 is 4.79 Å². The number of nitrogens with zero attached hydrogens (tertiary/aromatic N) is 5. The zero-order valence-electron chi connectivity index (χ0n) is 15.7. The molecule has 4 N–H and O–H groups in total. The van der Waals surface area contributed by atoms with Crippen LogP contribution in [0.2, 0.25) is 0 Å². The van der Waals surface area contributed by atoms with Gasteiger partial charge in [-0.1, -0.05) is 0 Å². The van der Waals surface area contributed by atoms with Crippen LogP contribution in [0, 0.1) is 11.3 Å². The summed E-state index contributed by atoms with van der Waals surface area (Å²) in [4.78, 5) is 30.3. The molecule has 9 nitrogen and oxygen atoms in total. The van der Waals surface area contributed by atoms with Crippen molar-refractivity contribution >= 4 is 28.4 Å². The van der Waals surface area contributed by atoms with E-state index in [1.165, 1.54) is 12.4 Å². The number of carbonyl (C=O) groups excluding carboxylic acids is 1. The van der Waals surface area contributed by atoms with Gasteiger partial charge >= 0.3 is 0 Å². The highest BCUT2D eigenvalue weighted by Gasteiger charge is 2.41. The Labute approximate surface area is 167 Å². The van der Waals surface area contributed by atoms with E-state index in [1.807, 2.05) is 18.3 Å². The number of nitrogens with two attached hydrogens (primary N) is 1. The third-order valence-corrected chi connectivity index (χ3v) is 5.95. The standard InChI is InChI=1S/C20H20N8O/c21-7-12-8-25-17(10-24-12)28-13-1-2-14(28)6-11(5-13)27-18-15-3-4-23-20(15)26-9-16(18)19(22)29/h3-4,8-11,13-14H,1-2,5-6H2,(H2,22,29)(H2,23,26,27)/t11-,13-,14+. The molecular formula is C20H20N8O. The molecule has 2 aliphatic heterocycles. The Morgan fingerprint density at radius 1 is 1.21 bits per heavy atom. The molecular weight excluding hydrogens is 368 g/mol. The fourth-order valence-corrected chi connectivity index (χ4v) is 4.74. The summed E-state index contributed by atoms with van der Waals surface area (Å²) in [5, 5.41) is 13.4. The molecule has 0 aromatic carbocycles. The highest BCUT2D eigenvalue weighted by atomic mass is 16.1. The van der Waals surface area contributed by atoms with Crippen LogP contribution >= 0.6 is 0 Å². The Morgan fingerprint density at radius 3 is 2.66 bits per heavy atom. The second kappa shape index (κ2) is 6.74. The first kappa shape index (κ1) is 17.4. The molecule has 0 unspecified atom stereocenters. The molecule has 5 rings (SSSR count). The molecule has 0 spiro atoms.